The third-order valence-corrected chi connectivity index (χ3v) is 3.66. The Kier molecular flexibility index (Phi) is 5.30. The molecule has 0 radical (unpaired) electrons. The number of benzene rings is 2. The van der Waals surface area contributed by atoms with Crippen LogP contribution in [0.25, 0.3) is 0 Å². The van der Waals surface area contributed by atoms with Crippen molar-refractivity contribution < 1.29 is 9.84 Å². The van der Waals surface area contributed by atoms with Crippen molar-refractivity contribution in [2.75, 3.05) is 6.61 Å². The van der Waals surface area contributed by atoms with Crippen molar-refractivity contribution in [1.82, 2.24) is 0 Å². The van der Waals surface area contributed by atoms with Gasteiger partial charge >= 0.3 is 0 Å². The smallest absolute Gasteiger partial charge is 0.146 e. The quantitative estimate of drug-likeness (QED) is 0.815. The number of rotatable bonds is 5. The normalized spacial score (nSPS) is 12.2. The maximum Gasteiger partial charge on any atom is 0.146 e. The number of aliphatic hydroxyl groups excluding tert-OH is 1. The standard InChI is InChI=1S/C16H16Cl2O2/c1-11(8-9-19)12-2-5-14(6-3-12)20-16-7-4-13(17)10-15(16)18/h2-7,10-11,19H,8-9H2,1H3. The predicted molar refractivity (Wildman–Crippen MR) is 83.1 cm³/mol. The maximum atomic E-state index is 8.95. The third kappa shape index (κ3) is 3.89. The Morgan fingerprint density at radius 1 is 1.10 bits per heavy atom. The lowest BCUT2D eigenvalue weighted by molar-refractivity contribution is 0.278. The van der Waals surface area contributed by atoms with Crippen molar-refractivity contribution in [3.63, 3.8) is 0 Å². The van der Waals surface area contributed by atoms with Gasteiger partial charge in [0, 0.05) is 11.6 Å². The van der Waals surface area contributed by atoms with Crippen molar-refractivity contribution in [3.8, 4) is 11.5 Å². The van der Waals surface area contributed by atoms with Crippen molar-refractivity contribution in [1.29, 1.82) is 0 Å². The van der Waals surface area contributed by atoms with Gasteiger partial charge in [0.25, 0.3) is 0 Å². The minimum absolute atomic E-state index is 0.194. The highest BCUT2D eigenvalue weighted by Gasteiger charge is 2.07. The summed E-state index contributed by atoms with van der Waals surface area (Å²) in [7, 11) is 0. The first-order valence-corrected chi connectivity index (χ1v) is 7.19. The average Bonchev–Trinajstić information content (AvgIpc) is 2.43. The van der Waals surface area contributed by atoms with Gasteiger partial charge in [-0.2, -0.15) is 0 Å². The molecule has 2 aromatic rings. The number of hydrogen-bond donors (Lipinski definition) is 1. The van der Waals surface area contributed by atoms with Gasteiger partial charge < -0.3 is 9.84 Å². The van der Waals surface area contributed by atoms with Crippen LogP contribution in [0.4, 0.5) is 0 Å². The van der Waals surface area contributed by atoms with Crippen LogP contribution in [0.5, 0.6) is 11.5 Å². The van der Waals surface area contributed by atoms with Crippen LogP contribution >= 0.6 is 23.2 Å². The first kappa shape index (κ1) is 15.2. The van der Waals surface area contributed by atoms with Crippen LogP contribution in [-0.4, -0.2) is 11.7 Å². The van der Waals surface area contributed by atoms with Crippen LogP contribution in [0, 0.1) is 0 Å². The van der Waals surface area contributed by atoms with Gasteiger partial charge in [0.15, 0.2) is 0 Å². The highest BCUT2D eigenvalue weighted by atomic mass is 35.5. The van der Waals surface area contributed by atoms with Gasteiger partial charge in [-0.1, -0.05) is 42.3 Å². The molecule has 0 saturated carbocycles. The van der Waals surface area contributed by atoms with E-state index in [1.807, 2.05) is 24.3 Å². The zero-order valence-electron chi connectivity index (χ0n) is 11.1. The molecule has 4 heteroatoms. The lowest BCUT2D eigenvalue weighted by Gasteiger charge is -2.12. The topological polar surface area (TPSA) is 29.5 Å². The Labute approximate surface area is 128 Å². The number of ether oxygens (including phenoxy) is 1. The Balaban J connectivity index is 2.10. The van der Waals surface area contributed by atoms with Crippen molar-refractivity contribution in [3.05, 3.63) is 58.1 Å². The van der Waals surface area contributed by atoms with Gasteiger partial charge in [-0.15, -0.1) is 0 Å². The molecule has 0 fully saturated rings. The van der Waals surface area contributed by atoms with Crippen LogP contribution in [0.2, 0.25) is 10.0 Å². The average molecular weight is 311 g/mol. The van der Waals surface area contributed by atoms with Gasteiger partial charge in [0.05, 0.1) is 5.02 Å². The van der Waals surface area contributed by atoms with Crippen LogP contribution in [0.3, 0.4) is 0 Å². The summed E-state index contributed by atoms with van der Waals surface area (Å²) in [5.74, 6) is 1.62. The summed E-state index contributed by atoms with van der Waals surface area (Å²) in [6, 6.07) is 12.9. The molecule has 0 aliphatic heterocycles. The summed E-state index contributed by atoms with van der Waals surface area (Å²) in [6.07, 6.45) is 0.753. The van der Waals surface area contributed by atoms with E-state index in [1.165, 1.54) is 5.56 Å². The molecule has 0 bridgehead atoms. The van der Waals surface area contributed by atoms with Crippen molar-refractivity contribution in [2.45, 2.75) is 19.3 Å². The summed E-state index contributed by atoms with van der Waals surface area (Å²) < 4.78 is 5.72. The van der Waals surface area contributed by atoms with Crippen molar-refractivity contribution in [2.24, 2.45) is 0 Å². The van der Waals surface area contributed by atoms with Gasteiger partial charge in [-0.05, 0) is 48.2 Å². The summed E-state index contributed by atoms with van der Waals surface area (Å²) in [4.78, 5) is 0. The predicted octanol–water partition coefficient (Wildman–Crippen LogP) is 5.27. The Bertz CT molecular complexity index is 567. The second-order valence-electron chi connectivity index (χ2n) is 4.66. The van der Waals surface area contributed by atoms with Crippen LogP contribution in [-0.2, 0) is 0 Å². The van der Waals surface area contributed by atoms with E-state index in [0.29, 0.717) is 27.5 Å². The molecule has 106 valence electrons. The molecule has 1 unspecified atom stereocenters. The molecule has 0 amide bonds. The molecule has 2 nitrogen and oxygen atoms in total. The molecule has 0 spiro atoms. The Morgan fingerprint density at radius 3 is 2.40 bits per heavy atom. The molecule has 0 aromatic heterocycles. The summed E-state index contributed by atoms with van der Waals surface area (Å²) in [5, 5.41) is 10.0. The highest BCUT2D eigenvalue weighted by Crippen LogP contribution is 2.32. The largest absolute Gasteiger partial charge is 0.456 e. The molecule has 1 atom stereocenters. The second-order valence-corrected chi connectivity index (χ2v) is 5.50. The van der Waals surface area contributed by atoms with Crippen LogP contribution in [0.15, 0.2) is 42.5 Å². The monoisotopic (exact) mass is 310 g/mol. The van der Waals surface area contributed by atoms with Crippen LogP contribution in [0.1, 0.15) is 24.8 Å². The number of halogens is 2. The fraction of sp³-hybridized carbons (Fsp3) is 0.250. The maximum absolute atomic E-state index is 8.95. The minimum atomic E-state index is 0.194. The van der Waals surface area contributed by atoms with E-state index < -0.39 is 0 Å². The van der Waals surface area contributed by atoms with E-state index in [2.05, 4.69) is 6.92 Å². The minimum Gasteiger partial charge on any atom is -0.456 e. The molecule has 20 heavy (non-hydrogen) atoms. The zero-order valence-corrected chi connectivity index (χ0v) is 12.7. The van der Waals surface area contributed by atoms with E-state index >= 15 is 0 Å². The van der Waals surface area contributed by atoms with Gasteiger partial charge in [0.1, 0.15) is 11.5 Å². The molecular formula is C16H16Cl2O2. The fourth-order valence-corrected chi connectivity index (χ4v) is 2.36. The van der Waals surface area contributed by atoms with Gasteiger partial charge in [-0.25, -0.2) is 0 Å². The van der Waals surface area contributed by atoms with E-state index in [4.69, 9.17) is 33.0 Å². The molecule has 0 heterocycles. The molecule has 1 N–H and O–H groups in total. The lowest BCUT2D eigenvalue weighted by atomic mass is 9.98. The third-order valence-electron chi connectivity index (χ3n) is 3.13. The molecule has 2 aromatic carbocycles. The van der Waals surface area contributed by atoms with E-state index in [1.54, 1.807) is 18.2 Å². The molecule has 2 rings (SSSR count). The SMILES string of the molecule is CC(CCO)c1ccc(Oc2ccc(Cl)cc2Cl)cc1. The summed E-state index contributed by atoms with van der Waals surface area (Å²) >= 11 is 11.9. The Morgan fingerprint density at radius 2 is 1.80 bits per heavy atom. The van der Waals surface area contributed by atoms with E-state index in [0.717, 1.165) is 6.42 Å². The number of hydrogen-bond acceptors (Lipinski definition) is 2. The van der Waals surface area contributed by atoms with Gasteiger partial charge in [0.2, 0.25) is 0 Å². The summed E-state index contributed by atoms with van der Waals surface area (Å²) in [6.45, 7) is 2.28. The highest BCUT2D eigenvalue weighted by molar-refractivity contribution is 6.35. The Hall–Kier alpha value is -1.22. The fourth-order valence-electron chi connectivity index (χ4n) is 1.91. The first-order chi connectivity index (χ1) is 9.60. The summed E-state index contributed by atoms with van der Waals surface area (Å²) in [5.41, 5.74) is 1.17. The molecule has 0 saturated heterocycles. The second kappa shape index (κ2) is 6.98. The van der Waals surface area contributed by atoms with Gasteiger partial charge in [-0.3, -0.25) is 0 Å². The lowest BCUT2D eigenvalue weighted by Crippen LogP contribution is -1.96. The molecule has 0 aliphatic carbocycles. The van der Waals surface area contributed by atoms with Crippen molar-refractivity contribution >= 4 is 23.2 Å². The van der Waals surface area contributed by atoms with E-state index in [9.17, 15) is 0 Å². The zero-order chi connectivity index (χ0) is 14.5. The van der Waals surface area contributed by atoms with E-state index in [-0.39, 0.29) is 6.61 Å². The van der Waals surface area contributed by atoms with Crippen LogP contribution < -0.4 is 4.74 Å². The first-order valence-electron chi connectivity index (χ1n) is 6.44. The molecule has 0 aliphatic rings. The number of aliphatic hydroxyl groups is 1. The molecular weight excluding hydrogens is 295 g/mol.